The predicted molar refractivity (Wildman–Crippen MR) is 60.5 cm³/mol. The molecule has 1 saturated heterocycles. The van der Waals surface area contributed by atoms with Gasteiger partial charge in [0.25, 0.3) is 0 Å². The topological polar surface area (TPSA) is 21.3 Å². The van der Waals surface area contributed by atoms with E-state index in [-0.39, 0.29) is 5.60 Å². The molecule has 0 aromatic rings. The number of nitrogens with one attached hydrogen (secondary N) is 1. The fourth-order valence-corrected chi connectivity index (χ4v) is 1.87. The monoisotopic (exact) mass is 199 g/mol. The second-order valence-electron chi connectivity index (χ2n) is 5.96. The van der Waals surface area contributed by atoms with Crippen molar-refractivity contribution in [1.29, 1.82) is 0 Å². The Hall–Kier alpha value is -0.0800. The second-order valence-corrected chi connectivity index (χ2v) is 5.96. The number of hydrogen-bond acceptors (Lipinski definition) is 2. The van der Waals surface area contributed by atoms with Gasteiger partial charge in [-0.3, -0.25) is 0 Å². The molecule has 84 valence electrons. The molecule has 0 spiro atoms. The molecule has 2 unspecified atom stereocenters. The van der Waals surface area contributed by atoms with Crippen molar-refractivity contribution in [2.24, 2.45) is 5.41 Å². The molecule has 1 fully saturated rings. The maximum absolute atomic E-state index is 5.91. The number of ether oxygens (including phenoxy) is 1. The molecule has 0 amide bonds. The van der Waals surface area contributed by atoms with E-state index in [9.17, 15) is 0 Å². The summed E-state index contributed by atoms with van der Waals surface area (Å²) in [6.07, 6.45) is 2.27. The third kappa shape index (κ3) is 3.58. The van der Waals surface area contributed by atoms with E-state index in [1.165, 1.54) is 6.42 Å². The molecule has 0 aliphatic carbocycles. The summed E-state index contributed by atoms with van der Waals surface area (Å²) in [5.41, 5.74) is 0.454. The Kier molecular flexibility index (Phi) is 3.59. The highest BCUT2D eigenvalue weighted by atomic mass is 16.5. The van der Waals surface area contributed by atoms with Crippen molar-refractivity contribution in [2.75, 3.05) is 13.2 Å². The third-order valence-electron chi connectivity index (χ3n) is 3.00. The number of morpholine rings is 1. The van der Waals surface area contributed by atoms with Gasteiger partial charge in [0.1, 0.15) is 0 Å². The van der Waals surface area contributed by atoms with Gasteiger partial charge in [-0.05, 0) is 25.2 Å². The number of hydrogen-bond donors (Lipinski definition) is 1. The van der Waals surface area contributed by atoms with Crippen LogP contribution in [0.3, 0.4) is 0 Å². The first-order chi connectivity index (χ1) is 6.35. The summed E-state index contributed by atoms with van der Waals surface area (Å²) in [6, 6.07) is 0.537. The van der Waals surface area contributed by atoms with Crippen LogP contribution in [0.2, 0.25) is 0 Å². The van der Waals surface area contributed by atoms with Gasteiger partial charge in [-0.1, -0.05) is 27.7 Å². The Labute approximate surface area is 88.4 Å². The first-order valence-electron chi connectivity index (χ1n) is 5.72. The Bertz CT molecular complexity index is 175. The van der Waals surface area contributed by atoms with Gasteiger partial charge in [0.2, 0.25) is 0 Å². The molecule has 0 radical (unpaired) electrons. The van der Waals surface area contributed by atoms with E-state index < -0.39 is 0 Å². The van der Waals surface area contributed by atoms with Crippen molar-refractivity contribution in [1.82, 2.24) is 5.32 Å². The van der Waals surface area contributed by atoms with Crippen LogP contribution < -0.4 is 5.32 Å². The fourth-order valence-electron chi connectivity index (χ4n) is 1.87. The van der Waals surface area contributed by atoms with Crippen LogP contribution in [0.25, 0.3) is 0 Å². The smallest absolute Gasteiger partial charge is 0.0776 e. The lowest BCUT2D eigenvalue weighted by Gasteiger charge is -2.39. The van der Waals surface area contributed by atoms with E-state index in [1.807, 2.05) is 0 Å². The molecule has 2 heteroatoms. The van der Waals surface area contributed by atoms with Crippen molar-refractivity contribution >= 4 is 0 Å². The Morgan fingerprint density at radius 1 is 1.43 bits per heavy atom. The molecule has 1 aliphatic rings. The lowest BCUT2D eigenvalue weighted by atomic mass is 9.87. The highest BCUT2D eigenvalue weighted by Gasteiger charge is 2.31. The molecule has 14 heavy (non-hydrogen) atoms. The molecule has 2 nitrogen and oxygen atoms in total. The van der Waals surface area contributed by atoms with Crippen LogP contribution in [0, 0.1) is 5.41 Å². The first-order valence-corrected chi connectivity index (χ1v) is 5.72. The molecule has 0 bridgehead atoms. The summed E-state index contributed by atoms with van der Waals surface area (Å²) in [5.74, 6) is 0. The van der Waals surface area contributed by atoms with Gasteiger partial charge >= 0.3 is 0 Å². The maximum atomic E-state index is 5.91. The molecular formula is C12H25NO. The van der Waals surface area contributed by atoms with Gasteiger partial charge in [0.15, 0.2) is 0 Å². The van der Waals surface area contributed by atoms with Gasteiger partial charge in [-0.2, -0.15) is 0 Å². The van der Waals surface area contributed by atoms with Crippen molar-refractivity contribution in [3.8, 4) is 0 Å². The van der Waals surface area contributed by atoms with Crippen LogP contribution in [-0.2, 0) is 4.74 Å². The summed E-state index contributed by atoms with van der Waals surface area (Å²) in [5, 5.41) is 3.59. The second kappa shape index (κ2) is 4.19. The summed E-state index contributed by atoms with van der Waals surface area (Å²) < 4.78 is 5.91. The third-order valence-corrected chi connectivity index (χ3v) is 3.00. The van der Waals surface area contributed by atoms with E-state index in [0.717, 1.165) is 19.6 Å². The van der Waals surface area contributed by atoms with E-state index >= 15 is 0 Å². The quantitative estimate of drug-likeness (QED) is 0.738. The molecule has 0 saturated carbocycles. The largest absolute Gasteiger partial charge is 0.372 e. The van der Waals surface area contributed by atoms with Crippen LogP contribution in [0.15, 0.2) is 0 Å². The van der Waals surface area contributed by atoms with Crippen molar-refractivity contribution < 1.29 is 4.74 Å². The van der Waals surface area contributed by atoms with E-state index in [2.05, 4.69) is 39.9 Å². The molecule has 1 heterocycles. The highest BCUT2D eigenvalue weighted by Crippen LogP contribution is 2.25. The van der Waals surface area contributed by atoms with E-state index in [4.69, 9.17) is 4.74 Å². The van der Waals surface area contributed by atoms with Crippen molar-refractivity contribution in [2.45, 2.75) is 59.1 Å². The Morgan fingerprint density at radius 3 is 2.43 bits per heavy atom. The van der Waals surface area contributed by atoms with Gasteiger partial charge in [0, 0.05) is 12.6 Å². The average Bonchev–Trinajstić information content (AvgIpc) is 2.07. The molecule has 2 atom stereocenters. The standard InChI is InChI=1S/C12H25NO/c1-6-12(5)9-13-10(8-14-12)7-11(2,3)4/h10,13H,6-9H2,1-5H3. The van der Waals surface area contributed by atoms with Crippen LogP contribution in [-0.4, -0.2) is 24.8 Å². The average molecular weight is 199 g/mol. The molecule has 1 N–H and O–H groups in total. The van der Waals surface area contributed by atoms with Crippen molar-refractivity contribution in [3.05, 3.63) is 0 Å². The lowest BCUT2D eigenvalue weighted by Crippen LogP contribution is -2.53. The summed E-state index contributed by atoms with van der Waals surface area (Å²) in [4.78, 5) is 0. The molecule has 1 aliphatic heterocycles. The summed E-state index contributed by atoms with van der Waals surface area (Å²) >= 11 is 0. The number of rotatable bonds is 2. The first kappa shape index (κ1) is 12.0. The summed E-state index contributed by atoms with van der Waals surface area (Å²) in [6.45, 7) is 13.1. The molecule has 0 aromatic carbocycles. The van der Waals surface area contributed by atoms with Crippen LogP contribution in [0.4, 0.5) is 0 Å². The van der Waals surface area contributed by atoms with Crippen LogP contribution >= 0.6 is 0 Å². The lowest BCUT2D eigenvalue weighted by molar-refractivity contribution is -0.0774. The Morgan fingerprint density at radius 2 is 2.07 bits per heavy atom. The summed E-state index contributed by atoms with van der Waals surface area (Å²) in [7, 11) is 0. The fraction of sp³-hybridized carbons (Fsp3) is 1.00. The SMILES string of the molecule is CCC1(C)CNC(CC(C)(C)C)CO1. The molecule has 1 rings (SSSR count). The zero-order valence-electron chi connectivity index (χ0n) is 10.3. The normalized spacial score (nSPS) is 34.5. The van der Waals surface area contributed by atoms with E-state index in [1.54, 1.807) is 0 Å². The zero-order chi connectivity index (χ0) is 10.8. The highest BCUT2D eigenvalue weighted by molar-refractivity contribution is 4.86. The molecule has 0 aromatic heterocycles. The minimum atomic E-state index is 0.0639. The molecular weight excluding hydrogens is 174 g/mol. The van der Waals surface area contributed by atoms with Gasteiger partial charge in [-0.25, -0.2) is 0 Å². The van der Waals surface area contributed by atoms with E-state index in [0.29, 0.717) is 11.5 Å². The predicted octanol–water partition coefficient (Wildman–Crippen LogP) is 2.58. The minimum Gasteiger partial charge on any atom is -0.372 e. The van der Waals surface area contributed by atoms with Gasteiger partial charge in [0.05, 0.1) is 12.2 Å². The van der Waals surface area contributed by atoms with Crippen LogP contribution in [0.1, 0.15) is 47.5 Å². The maximum Gasteiger partial charge on any atom is 0.0776 e. The van der Waals surface area contributed by atoms with Crippen molar-refractivity contribution in [3.63, 3.8) is 0 Å². The Balaban J connectivity index is 2.36. The van der Waals surface area contributed by atoms with Crippen LogP contribution in [0.5, 0.6) is 0 Å². The minimum absolute atomic E-state index is 0.0639. The zero-order valence-corrected chi connectivity index (χ0v) is 10.3. The van der Waals surface area contributed by atoms with Gasteiger partial charge < -0.3 is 10.1 Å². The van der Waals surface area contributed by atoms with Gasteiger partial charge in [-0.15, -0.1) is 0 Å².